The van der Waals surface area contributed by atoms with E-state index in [1.807, 2.05) is 0 Å². The number of rotatable bonds is 5. The lowest BCUT2D eigenvalue weighted by Crippen LogP contribution is -2.35. The average Bonchev–Trinajstić information content (AvgIpc) is 3.09. The Balaban J connectivity index is 2.01. The summed E-state index contributed by atoms with van der Waals surface area (Å²) in [6.45, 7) is 0.355. The molecule has 0 spiro atoms. The second-order valence-corrected chi connectivity index (χ2v) is 10.3. The van der Waals surface area contributed by atoms with Gasteiger partial charge in [0.05, 0.1) is 11.4 Å². The van der Waals surface area contributed by atoms with Crippen molar-refractivity contribution >= 4 is 42.8 Å². The molecular formula is C16H16N2O4S3. The summed E-state index contributed by atoms with van der Waals surface area (Å²) in [6, 6.07) is 8.17. The van der Waals surface area contributed by atoms with E-state index in [-0.39, 0.29) is 4.21 Å². The number of fused-ring (bicyclic) bond motifs is 1. The van der Waals surface area contributed by atoms with E-state index in [1.54, 1.807) is 35.7 Å². The first-order chi connectivity index (χ1) is 11.8. The molecule has 132 valence electrons. The molecular weight excluding hydrogens is 380 g/mol. The van der Waals surface area contributed by atoms with Crippen molar-refractivity contribution in [2.24, 2.45) is 0 Å². The molecule has 0 radical (unpaired) electrons. The van der Waals surface area contributed by atoms with E-state index in [4.69, 9.17) is 6.42 Å². The minimum Gasteiger partial charge on any atom is -0.283 e. The molecule has 3 rings (SSSR count). The Morgan fingerprint density at radius 2 is 2.04 bits per heavy atom. The van der Waals surface area contributed by atoms with Crippen LogP contribution in [-0.4, -0.2) is 29.1 Å². The monoisotopic (exact) mass is 396 g/mol. The van der Waals surface area contributed by atoms with Gasteiger partial charge >= 0.3 is 0 Å². The van der Waals surface area contributed by atoms with Crippen molar-refractivity contribution in [3.63, 3.8) is 0 Å². The molecule has 9 heteroatoms. The van der Waals surface area contributed by atoms with Crippen molar-refractivity contribution in [3.8, 4) is 12.3 Å². The third-order valence-corrected chi connectivity index (χ3v) is 8.03. The van der Waals surface area contributed by atoms with E-state index < -0.39 is 25.8 Å². The molecule has 1 aliphatic rings. The van der Waals surface area contributed by atoms with Crippen LogP contribution in [0, 0.1) is 12.3 Å². The summed E-state index contributed by atoms with van der Waals surface area (Å²) in [5.74, 6) is 1.64. The predicted octanol–water partition coefficient (Wildman–Crippen LogP) is 2.26. The Morgan fingerprint density at radius 3 is 2.72 bits per heavy atom. The molecule has 0 saturated heterocycles. The van der Waals surface area contributed by atoms with E-state index in [0.717, 1.165) is 23.3 Å². The van der Waals surface area contributed by atoms with Gasteiger partial charge in [0.15, 0.2) is 0 Å². The summed E-state index contributed by atoms with van der Waals surface area (Å²) in [5.41, 5.74) is 1.66. The van der Waals surface area contributed by atoms with Crippen LogP contribution in [0.1, 0.15) is 12.0 Å². The van der Waals surface area contributed by atoms with Gasteiger partial charge in [0.2, 0.25) is 10.0 Å². The first-order valence-corrected chi connectivity index (χ1v) is 11.4. The van der Waals surface area contributed by atoms with Crippen LogP contribution in [-0.2, 0) is 26.5 Å². The number of terminal acetylenes is 1. The standard InChI is InChI=1S/C16H16N2O4S3/c1-2-11-24(19,20)17-14-8-7-13-5-3-9-18(15(13)12-14)25(21,22)16-6-4-10-23-16/h1,4,6-8,10,12,17H,3,5,9,11H2. The van der Waals surface area contributed by atoms with Gasteiger partial charge in [-0.25, -0.2) is 16.8 Å². The lowest BCUT2D eigenvalue weighted by Gasteiger charge is -2.30. The molecule has 0 atom stereocenters. The van der Waals surface area contributed by atoms with Gasteiger partial charge < -0.3 is 0 Å². The third kappa shape index (κ3) is 3.66. The highest BCUT2D eigenvalue weighted by atomic mass is 32.2. The molecule has 0 bridgehead atoms. The zero-order chi connectivity index (χ0) is 18.1. The molecule has 2 aromatic rings. The fourth-order valence-corrected chi connectivity index (χ4v) is 6.11. The average molecular weight is 397 g/mol. The van der Waals surface area contributed by atoms with Crippen LogP contribution in [0.5, 0.6) is 0 Å². The number of benzene rings is 1. The summed E-state index contributed by atoms with van der Waals surface area (Å²) >= 11 is 1.16. The van der Waals surface area contributed by atoms with Crippen LogP contribution in [0.25, 0.3) is 0 Å². The van der Waals surface area contributed by atoms with Crippen LogP contribution in [0.2, 0.25) is 0 Å². The second-order valence-electron chi connectivity index (χ2n) is 5.52. The highest BCUT2D eigenvalue weighted by Crippen LogP contribution is 2.35. The number of hydrogen-bond donors (Lipinski definition) is 1. The molecule has 0 saturated carbocycles. The lowest BCUT2D eigenvalue weighted by molar-refractivity contribution is 0.588. The van der Waals surface area contributed by atoms with E-state index >= 15 is 0 Å². The summed E-state index contributed by atoms with van der Waals surface area (Å²) in [4.78, 5) is 0. The van der Waals surface area contributed by atoms with E-state index in [1.165, 1.54) is 4.31 Å². The molecule has 0 amide bonds. The van der Waals surface area contributed by atoms with Crippen molar-refractivity contribution in [2.45, 2.75) is 17.1 Å². The number of nitrogens with zero attached hydrogens (tertiary/aromatic N) is 1. The Kier molecular flexibility index (Phi) is 4.77. The van der Waals surface area contributed by atoms with Gasteiger partial charge in [0, 0.05) is 6.54 Å². The molecule has 0 aliphatic carbocycles. The second kappa shape index (κ2) is 6.71. The summed E-state index contributed by atoms with van der Waals surface area (Å²) in [6.07, 6.45) is 6.50. The Morgan fingerprint density at radius 1 is 1.24 bits per heavy atom. The summed E-state index contributed by atoms with van der Waals surface area (Å²) in [5, 5.41) is 1.71. The van der Waals surface area contributed by atoms with E-state index in [9.17, 15) is 16.8 Å². The first kappa shape index (κ1) is 17.8. The Labute approximate surface area is 151 Å². The summed E-state index contributed by atoms with van der Waals surface area (Å²) < 4.78 is 53.5. The largest absolute Gasteiger partial charge is 0.283 e. The third-order valence-electron chi connectivity index (χ3n) is 3.75. The van der Waals surface area contributed by atoms with Crippen molar-refractivity contribution in [1.82, 2.24) is 0 Å². The fraction of sp³-hybridized carbons (Fsp3) is 0.250. The smallest absolute Gasteiger partial charge is 0.273 e. The van der Waals surface area contributed by atoms with Crippen LogP contribution >= 0.6 is 11.3 Å². The molecule has 6 nitrogen and oxygen atoms in total. The molecule has 25 heavy (non-hydrogen) atoms. The number of aryl methyl sites for hydroxylation is 1. The predicted molar refractivity (Wildman–Crippen MR) is 99.9 cm³/mol. The van der Waals surface area contributed by atoms with Crippen molar-refractivity contribution in [3.05, 3.63) is 41.3 Å². The fourth-order valence-electron chi connectivity index (χ4n) is 2.70. The normalized spacial score (nSPS) is 14.6. The maximum Gasteiger partial charge on any atom is 0.273 e. The molecule has 0 fully saturated rings. The highest BCUT2D eigenvalue weighted by molar-refractivity contribution is 7.94. The van der Waals surface area contributed by atoms with Gasteiger partial charge in [-0.2, -0.15) is 0 Å². The van der Waals surface area contributed by atoms with Gasteiger partial charge in [-0.15, -0.1) is 17.8 Å². The number of thiophene rings is 1. The number of anilines is 2. The van der Waals surface area contributed by atoms with Crippen LogP contribution < -0.4 is 9.03 Å². The van der Waals surface area contributed by atoms with Gasteiger partial charge in [0.25, 0.3) is 10.0 Å². The van der Waals surface area contributed by atoms with Gasteiger partial charge in [-0.1, -0.05) is 18.1 Å². The SMILES string of the molecule is C#CCS(=O)(=O)Nc1ccc2c(c1)N(S(=O)(=O)c1cccs1)CCC2. The van der Waals surface area contributed by atoms with Gasteiger partial charge in [-0.3, -0.25) is 9.03 Å². The highest BCUT2D eigenvalue weighted by Gasteiger charge is 2.30. The van der Waals surface area contributed by atoms with Crippen molar-refractivity contribution < 1.29 is 16.8 Å². The first-order valence-electron chi connectivity index (χ1n) is 7.46. The molecule has 0 unspecified atom stereocenters. The molecule has 1 N–H and O–H groups in total. The van der Waals surface area contributed by atoms with Crippen molar-refractivity contribution in [1.29, 1.82) is 0 Å². The minimum atomic E-state index is -3.66. The number of nitrogens with one attached hydrogen (secondary N) is 1. The quantitative estimate of drug-likeness (QED) is 0.786. The molecule has 1 aromatic heterocycles. The van der Waals surface area contributed by atoms with Crippen LogP contribution in [0.4, 0.5) is 11.4 Å². The van der Waals surface area contributed by atoms with Crippen LogP contribution in [0.15, 0.2) is 39.9 Å². The maximum absolute atomic E-state index is 12.9. The topological polar surface area (TPSA) is 83.6 Å². The van der Waals surface area contributed by atoms with Gasteiger partial charge in [-0.05, 0) is 42.0 Å². The Bertz CT molecular complexity index is 1020. The van der Waals surface area contributed by atoms with E-state index in [0.29, 0.717) is 24.3 Å². The van der Waals surface area contributed by atoms with Crippen molar-refractivity contribution in [2.75, 3.05) is 21.3 Å². The molecule has 1 aliphatic heterocycles. The zero-order valence-electron chi connectivity index (χ0n) is 13.2. The lowest BCUT2D eigenvalue weighted by atomic mass is 10.0. The van der Waals surface area contributed by atoms with Gasteiger partial charge in [0.1, 0.15) is 9.96 Å². The minimum absolute atomic E-state index is 0.263. The molecule has 1 aromatic carbocycles. The number of hydrogen-bond acceptors (Lipinski definition) is 5. The summed E-state index contributed by atoms with van der Waals surface area (Å²) in [7, 11) is -7.32. The number of sulfonamides is 2. The van der Waals surface area contributed by atoms with Crippen LogP contribution in [0.3, 0.4) is 0 Å². The van der Waals surface area contributed by atoms with E-state index in [2.05, 4.69) is 10.6 Å². The maximum atomic E-state index is 12.9. The zero-order valence-corrected chi connectivity index (χ0v) is 15.6. The molecule has 2 heterocycles. The Hall–Kier alpha value is -2.02.